The molecule has 21 heavy (non-hydrogen) atoms. The first-order valence-corrected chi connectivity index (χ1v) is 8.34. The molecule has 0 aliphatic carbocycles. The molecule has 1 aromatic rings. The van der Waals surface area contributed by atoms with Crippen molar-refractivity contribution in [1.82, 2.24) is 9.62 Å². The molecular weight excluding hydrogens is 290 g/mol. The molecule has 0 radical (unpaired) electrons. The number of sulfonamides is 1. The van der Waals surface area contributed by atoms with Gasteiger partial charge in [-0.05, 0) is 25.5 Å². The maximum atomic E-state index is 12.7. The Bertz CT molecular complexity index is 585. The van der Waals surface area contributed by atoms with Gasteiger partial charge in [-0.25, -0.2) is 8.42 Å². The monoisotopic (exact) mass is 313 g/mol. The fourth-order valence-electron chi connectivity index (χ4n) is 1.96. The molecule has 0 bridgehead atoms. The van der Waals surface area contributed by atoms with Crippen LogP contribution < -0.4 is 11.1 Å². The van der Waals surface area contributed by atoms with Crippen LogP contribution in [0, 0.1) is 0 Å². The molecule has 0 aromatic heterocycles. The normalized spacial score (nSPS) is 11.9. The van der Waals surface area contributed by atoms with Gasteiger partial charge in [0.1, 0.15) is 0 Å². The van der Waals surface area contributed by atoms with Crippen LogP contribution in [0.5, 0.6) is 0 Å². The first-order valence-electron chi connectivity index (χ1n) is 6.90. The van der Waals surface area contributed by atoms with Crippen molar-refractivity contribution in [2.75, 3.05) is 13.1 Å². The lowest BCUT2D eigenvalue weighted by Crippen LogP contribution is -2.42. The van der Waals surface area contributed by atoms with Crippen LogP contribution in [0.4, 0.5) is 0 Å². The van der Waals surface area contributed by atoms with E-state index in [0.717, 1.165) is 4.31 Å². The van der Waals surface area contributed by atoms with E-state index >= 15 is 0 Å². The summed E-state index contributed by atoms with van der Waals surface area (Å²) in [7, 11) is -3.73. The van der Waals surface area contributed by atoms with E-state index in [1.807, 2.05) is 13.8 Å². The van der Waals surface area contributed by atoms with E-state index in [0.29, 0.717) is 5.56 Å². The highest BCUT2D eigenvalue weighted by Gasteiger charge is 2.27. The van der Waals surface area contributed by atoms with Crippen molar-refractivity contribution >= 4 is 15.9 Å². The van der Waals surface area contributed by atoms with Gasteiger partial charge in [-0.1, -0.05) is 25.1 Å². The number of rotatable bonds is 7. The van der Waals surface area contributed by atoms with Crippen molar-refractivity contribution < 1.29 is 13.2 Å². The Labute approximate surface area is 126 Å². The average Bonchev–Trinajstić information content (AvgIpc) is 2.43. The molecule has 7 heteroatoms. The summed E-state index contributed by atoms with van der Waals surface area (Å²) in [5, 5.41) is 2.69. The number of carbonyl (C=O) groups is 1. The van der Waals surface area contributed by atoms with Crippen LogP contribution in [0.25, 0.3) is 0 Å². The highest BCUT2D eigenvalue weighted by atomic mass is 32.2. The van der Waals surface area contributed by atoms with Crippen molar-refractivity contribution in [2.24, 2.45) is 5.73 Å². The van der Waals surface area contributed by atoms with Gasteiger partial charge in [0.2, 0.25) is 15.9 Å². The minimum Gasteiger partial charge on any atom is -0.353 e. The van der Waals surface area contributed by atoms with Gasteiger partial charge < -0.3 is 11.1 Å². The number of carbonyl (C=O) groups excluding carboxylic acids is 1. The highest BCUT2D eigenvalue weighted by molar-refractivity contribution is 7.89. The van der Waals surface area contributed by atoms with E-state index in [1.54, 1.807) is 25.1 Å². The van der Waals surface area contributed by atoms with Gasteiger partial charge in [-0.2, -0.15) is 4.31 Å². The van der Waals surface area contributed by atoms with E-state index < -0.39 is 10.0 Å². The van der Waals surface area contributed by atoms with E-state index in [9.17, 15) is 13.2 Å². The number of nitrogens with one attached hydrogen (secondary N) is 1. The molecule has 0 saturated carbocycles. The predicted octanol–water partition coefficient (Wildman–Crippen LogP) is 0.681. The average molecular weight is 313 g/mol. The Kier molecular flexibility index (Phi) is 6.32. The SMILES string of the molecule is CCN(CC(=O)NC(C)C)S(=O)(=O)c1ccccc1CN. The Morgan fingerprint density at radius 3 is 2.48 bits per heavy atom. The van der Waals surface area contributed by atoms with Crippen LogP contribution >= 0.6 is 0 Å². The second-order valence-electron chi connectivity index (χ2n) is 4.97. The zero-order chi connectivity index (χ0) is 16.0. The van der Waals surface area contributed by atoms with E-state index in [4.69, 9.17) is 5.73 Å². The lowest BCUT2D eigenvalue weighted by Gasteiger charge is -2.22. The molecular formula is C14H23N3O3S. The Hall–Kier alpha value is -1.44. The molecule has 0 unspecified atom stereocenters. The van der Waals surface area contributed by atoms with Gasteiger partial charge in [0.15, 0.2) is 0 Å². The first-order chi connectivity index (χ1) is 9.82. The van der Waals surface area contributed by atoms with Crippen LogP contribution in [0.1, 0.15) is 26.3 Å². The van der Waals surface area contributed by atoms with Crippen molar-refractivity contribution in [3.8, 4) is 0 Å². The molecule has 3 N–H and O–H groups in total. The third-order valence-electron chi connectivity index (χ3n) is 2.93. The zero-order valence-electron chi connectivity index (χ0n) is 12.7. The molecule has 1 amide bonds. The molecule has 1 rings (SSSR count). The highest BCUT2D eigenvalue weighted by Crippen LogP contribution is 2.19. The molecule has 0 fully saturated rings. The summed E-state index contributed by atoms with van der Waals surface area (Å²) in [5.41, 5.74) is 6.14. The summed E-state index contributed by atoms with van der Waals surface area (Å²) < 4.78 is 26.5. The number of likely N-dealkylation sites (N-methyl/N-ethyl adjacent to an activating group) is 1. The lowest BCUT2D eigenvalue weighted by molar-refractivity contribution is -0.121. The molecule has 1 aromatic carbocycles. The van der Waals surface area contributed by atoms with Gasteiger partial charge in [0.05, 0.1) is 11.4 Å². The third kappa shape index (κ3) is 4.52. The van der Waals surface area contributed by atoms with Crippen molar-refractivity contribution in [1.29, 1.82) is 0 Å². The van der Waals surface area contributed by atoms with Crippen LogP contribution in [0.3, 0.4) is 0 Å². The van der Waals surface area contributed by atoms with Gasteiger partial charge in [-0.15, -0.1) is 0 Å². The fraction of sp³-hybridized carbons (Fsp3) is 0.500. The van der Waals surface area contributed by atoms with Gasteiger partial charge in [-0.3, -0.25) is 4.79 Å². The quantitative estimate of drug-likeness (QED) is 0.774. The number of nitrogens with zero attached hydrogens (tertiary/aromatic N) is 1. The molecule has 118 valence electrons. The first kappa shape index (κ1) is 17.6. The Balaban J connectivity index is 3.05. The number of hydrogen-bond donors (Lipinski definition) is 2. The predicted molar refractivity (Wildman–Crippen MR) is 82.0 cm³/mol. The van der Waals surface area contributed by atoms with E-state index in [2.05, 4.69) is 5.32 Å². The van der Waals surface area contributed by atoms with Crippen molar-refractivity contribution in [3.63, 3.8) is 0 Å². The summed E-state index contributed by atoms with van der Waals surface area (Å²) in [6.07, 6.45) is 0. The summed E-state index contributed by atoms with van der Waals surface area (Å²) in [5.74, 6) is -0.319. The maximum absolute atomic E-state index is 12.7. The van der Waals surface area contributed by atoms with Crippen LogP contribution in [0.2, 0.25) is 0 Å². The van der Waals surface area contributed by atoms with Gasteiger partial charge in [0.25, 0.3) is 0 Å². The van der Waals surface area contributed by atoms with Crippen LogP contribution in [-0.4, -0.2) is 37.8 Å². The lowest BCUT2D eigenvalue weighted by atomic mass is 10.2. The summed E-state index contributed by atoms with van der Waals surface area (Å²) in [4.78, 5) is 12.0. The summed E-state index contributed by atoms with van der Waals surface area (Å²) in [6.45, 7) is 5.50. The number of nitrogens with two attached hydrogens (primary N) is 1. The van der Waals surface area contributed by atoms with Crippen molar-refractivity contribution in [3.05, 3.63) is 29.8 Å². The maximum Gasteiger partial charge on any atom is 0.243 e. The number of amides is 1. The third-order valence-corrected chi connectivity index (χ3v) is 4.95. The number of hydrogen-bond acceptors (Lipinski definition) is 4. The second-order valence-corrected chi connectivity index (χ2v) is 6.87. The molecule has 0 spiro atoms. The van der Waals surface area contributed by atoms with E-state index in [1.165, 1.54) is 6.07 Å². The van der Waals surface area contributed by atoms with Crippen molar-refractivity contribution in [2.45, 2.75) is 38.3 Å². The topological polar surface area (TPSA) is 92.5 Å². The Morgan fingerprint density at radius 2 is 1.95 bits per heavy atom. The van der Waals surface area contributed by atoms with Gasteiger partial charge in [0, 0.05) is 19.1 Å². The zero-order valence-corrected chi connectivity index (χ0v) is 13.5. The van der Waals surface area contributed by atoms with Gasteiger partial charge >= 0.3 is 0 Å². The molecule has 0 atom stereocenters. The minimum absolute atomic E-state index is 0.0322. The summed E-state index contributed by atoms with van der Waals surface area (Å²) >= 11 is 0. The smallest absolute Gasteiger partial charge is 0.243 e. The minimum atomic E-state index is -3.73. The summed E-state index contributed by atoms with van der Waals surface area (Å²) in [6, 6.07) is 6.54. The molecule has 0 saturated heterocycles. The van der Waals surface area contributed by atoms with E-state index in [-0.39, 0.29) is 36.5 Å². The van der Waals surface area contributed by atoms with Crippen LogP contribution in [-0.2, 0) is 21.4 Å². The Morgan fingerprint density at radius 1 is 1.33 bits per heavy atom. The molecule has 0 aliphatic heterocycles. The molecule has 0 aliphatic rings. The standard InChI is InChI=1S/C14H23N3O3S/c1-4-17(10-14(18)16-11(2)3)21(19,20)13-8-6-5-7-12(13)9-15/h5-8,11H,4,9-10,15H2,1-3H3,(H,16,18). The molecule has 0 heterocycles. The largest absolute Gasteiger partial charge is 0.353 e. The fourth-order valence-corrected chi connectivity index (χ4v) is 3.60. The van der Waals surface area contributed by atoms with Crippen LogP contribution in [0.15, 0.2) is 29.2 Å². The molecule has 6 nitrogen and oxygen atoms in total. The number of benzene rings is 1. The second kappa shape index (κ2) is 7.53.